The molecule has 0 radical (unpaired) electrons. The fraction of sp³-hybridized carbons (Fsp3) is 0.350. The van der Waals surface area contributed by atoms with E-state index in [-0.39, 0.29) is 6.29 Å². The van der Waals surface area contributed by atoms with Crippen LogP contribution < -0.4 is 4.74 Å². The number of ether oxygens (including phenoxy) is 2. The standard InChI is InChI=1S/C20H19F3N2O2/c1-25-16-6-4-5-15(18(16)24-19(25)20(21,22)23)13-8-10-14(11-9-13)27-17-7-2-3-12-26-17/h4-6,8-11,17H,2-3,7,12H2,1H3. The first-order chi connectivity index (χ1) is 12.9. The molecule has 0 N–H and O–H groups in total. The molecule has 1 fully saturated rings. The zero-order chi connectivity index (χ0) is 19.0. The normalized spacial score (nSPS) is 18.0. The van der Waals surface area contributed by atoms with Gasteiger partial charge in [-0.1, -0.05) is 24.3 Å². The van der Waals surface area contributed by atoms with E-state index >= 15 is 0 Å². The van der Waals surface area contributed by atoms with Gasteiger partial charge >= 0.3 is 6.18 Å². The zero-order valence-corrected chi connectivity index (χ0v) is 14.8. The SMILES string of the molecule is Cn1c(C(F)(F)F)nc2c(-c3ccc(OC4CCCCO4)cc3)cccc21. The third kappa shape index (κ3) is 3.51. The van der Waals surface area contributed by atoms with Crippen molar-refractivity contribution in [2.45, 2.75) is 31.7 Å². The molecule has 3 aromatic rings. The zero-order valence-electron chi connectivity index (χ0n) is 14.8. The number of imidazole rings is 1. The summed E-state index contributed by atoms with van der Waals surface area (Å²) in [6.45, 7) is 0.700. The largest absolute Gasteiger partial charge is 0.465 e. The van der Waals surface area contributed by atoms with E-state index in [1.54, 1.807) is 30.3 Å². The van der Waals surface area contributed by atoms with Gasteiger partial charge in [0.15, 0.2) is 6.29 Å². The lowest BCUT2D eigenvalue weighted by molar-refractivity contribution is -0.146. The predicted octanol–water partition coefficient (Wildman–Crippen LogP) is 5.16. The van der Waals surface area contributed by atoms with Gasteiger partial charge in [0.25, 0.3) is 0 Å². The summed E-state index contributed by atoms with van der Waals surface area (Å²) in [5.74, 6) is -0.228. The number of aryl methyl sites for hydroxylation is 1. The maximum absolute atomic E-state index is 13.2. The lowest BCUT2D eigenvalue weighted by atomic mass is 10.0. The molecule has 1 aliphatic heterocycles. The van der Waals surface area contributed by atoms with Crippen LogP contribution in [0.2, 0.25) is 0 Å². The maximum atomic E-state index is 13.2. The smallest absolute Gasteiger partial charge is 0.449 e. The minimum absolute atomic E-state index is 0.238. The van der Waals surface area contributed by atoms with Gasteiger partial charge in [-0.15, -0.1) is 0 Å². The number of para-hydroxylation sites is 1. The number of alkyl halides is 3. The summed E-state index contributed by atoms with van der Waals surface area (Å²) in [6, 6.07) is 12.4. The number of fused-ring (bicyclic) bond motifs is 1. The molecule has 1 aliphatic rings. The molecule has 2 heterocycles. The van der Waals surface area contributed by atoms with Crippen LogP contribution in [0.1, 0.15) is 25.1 Å². The van der Waals surface area contributed by atoms with Crippen molar-refractivity contribution in [3.63, 3.8) is 0 Å². The Balaban J connectivity index is 1.66. The van der Waals surface area contributed by atoms with E-state index in [1.165, 1.54) is 7.05 Å². The van der Waals surface area contributed by atoms with Crippen LogP contribution in [0, 0.1) is 0 Å². The van der Waals surface area contributed by atoms with Gasteiger partial charge in [0.05, 0.1) is 17.6 Å². The Kier molecular flexibility index (Phi) is 4.55. The van der Waals surface area contributed by atoms with Crippen molar-refractivity contribution < 1.29 is 22.6 Å². The van der Waals surface area contributed by atoms with Gasteiger partial charge in [0.1, 0.15) is 5.75 Å². The highest BCUT2D eigenvalue weighted by Crippen LogP contribution is 2.35. The van der Waals surface area contributed by atoms with Gasteiger partial charge in [-0.25, -0.2) is 4.98 Å². The van der Waals surface area contributed by atoms with Crippen LogP contribution in [-0.4, -0.2) is 22.4 Å². The number of rotatable bonds is 3. The monoisotopic (exact) mass is 376 g/mol. The van der Waals surface area contributed by atoms with Crippen LogP contribution in [0.5, 0.6) is 5.75 Å². The number of aromatic nitrogens is 2. The number of nitrogens with zero attached hydrogens (tertiary/aromatic N) is 2. The van der Waals surface area contributed by atoms with Crippen LogP contribution in [0.4, 0.5) is 13.2 Å². The summed E-state index contributed by atoms with van der Waals surface area (Å²) in [7, 11) is 1.38. The van der Waals surface area contributed by atoms with Crippen molar-refractivity contribution in [3.8, 4) is 16.9 Å². The first-order valence-electron chi connectivity index (χ1n) is 8.85. The molecule has 27 heavy (non-hydrogen) atoms. The molecule has 4 rings (SSSR count). The lowest BCUT2D eigenvalue weighted by Gasteiger charge is -2.23. The number of benzene rings is 2. The number of hydrogen-bond donors (Lipinski definition) is 0. The molecular weight excluding hydrogens is 357 g/mol. The van der Waals surface area contributed by atoms with Gasteiger partial charge in [0.2, 0.25) is 5.82 Å². The third-order valence-electron chi connectivity index (χ3n) is 4.74. The molecule has 0 bridgehead atoms. The Morgan fingerprint density at radius 2 is 1.89 bits per heavy atom. The molecule has 4 nitrogen and oxygen atoms in total. The molecule has 142 valence electrons. The van der Waals surface area contributed by atoms with Crippen LogP contribution in [0.25, 0.3) is 22.2 Å². The highest BCUT2D eigenvalue weighted by Gasteiger charge is 2.37. The number of hydrogen-bond acceptors (Lipinski definition) is 3. The van der Waals surface area contributed by atoms with Gasteiger partial charge in [-0.2, -0.15) is 13.2 Å². The van der Waals surface area contributed by atoms with Crippen LogP contribution in [0.3, 0.4) is 0 Å². The molecule has 1 aromatic heterocycles. The molecule has 2 aromatic carbocycles. The molecule has 0 amide bonds. The second-order valence-electron chi connectivity index (χ2n) is 6.60. The van der Waals surface area contributed by atoms with E-state index in [9.17, 15) is 13.2 Å². The summed E-state index contributed by atoms with van der Waals surface area (Å²) in [6.07, 6.45) is -1.75. The predicted molar refractivity (Wildman–Crippen MR) is 95.4 cm³/mol. The minimum Gasteiger partial charge on any atom is -0.465 e. The van der Waals surface area contributed by atoms with Crippen molar-refractivity contribution >= 4 is 11.0 Å². The quantitative estimate of drug-likeness (QED) is 0.633. The molecule has 0 aliphatic carbocycles. The van der Waals surface area contributed by atoms with Crippen LogP contribution >= 0.6 is 0 Å². The highest BCUT2D eigenvalue weighted by atomic mass is 19.4. The van der Waals surface area contributed by atoms with E-state index in [0.29, 0.717) is 29.0 Å². The average Bonchev–Trinajstić information content (AvgIpc) is 3.01. The second-order valence-corrected chi connectivity index (χ2v) is 6.60. The molecule has 1 saturated heterocycles. The van der Waals surface area contributed by atoms with Crippen molar-refractivity contribution in [3.05, 3.63) is 48.3 Å². The first-order valence-corrected chi connectivity index (χ1v) is 8.85. The van der Waals surface area contributed by atoms with Crippen LogP contribution in [-0.2, 0) is 18.0 Å². The van der Waals surface area contributed by atoms with E-state index in [4.69, 9.17) is 9.47 Å². The van der Waals surface area contributed by atoms with Crippen molar-refractivity contribution in [1.82, 2.24) is 9.55 Å². The fourth-order valence-electron chi connectivity index (χ4n) is 3.37. The Morgan fingerprint density at radius 1 is 1.11 bits per heavy atom. The molecular formula is C20H19F3N2O2. The van der Waals surface area contributed by atoms with Gasteiger partial charge in [-0.05, 0) is 36.6 Å². The third-order valence-corrected chi connectivity index (χ3v) is 4.74. The molecule has 0 saturated carbocycles. The molecule has 0 spiro atoms. The van der Waals surface area contributed by atoms with E-state index in [0.717, 1.165) is 29.4 Å². The van der Waals surface area contributed by atoms with Gasteiger partial charge in [0, 0.05) is 19.0 Å². The van der Waals surface area contributed by atoms with Crippen molar-refractivity contribution in [1.29, 1.82) is 0 Å². The minimum atomic E-state index is -4.50. The lowest BCUT2D eigenvalue weighted by Crippen LogP contribution is -2.24. The topological polar surface area (TPSA) is 36.3 Å². The van der Waals surface area contributed by atoms with E-state index in [2.05, 4.69) is 4.98 Å². The Morgan fingerprint density at radius 3 is 2.56 bits per heavy atom. The molecule has 1 unspecified atom stereocenters. The van der Waals surface area contributed by atoms with Gasteiger partial charge < -0.3 is 14.0 Å². The molecule has 7 heteroatoms. The summed E-state index contributed by atoms with van der Waals surface area (Å²) < 4.78 is 52.0. The highest BCUT2D eigenvalue weighted by molar-refractivity contribution is 5.92. The second kappa shape index (κ2) is 6.88. The van der Waals surface area contributed by atoms with E-state index < -0.39 is 12.0 Å². The summed E-state index contributed by atoms with van der Waals surface area (Å²) >= 11 is 0. The summed E-state index contributed by atoms with van der Waals surface area (Å²) in [5, 5.41) is 0. The Bertz CT molecular complexity index is 942. The Labute approximate surface area is 154 Å². The van der Waals surface area contributed by atoms with Crippen molar-refractivity contribution in [2.24, 2.45) is 7.05 Å². The number of halogens is 3. The fourth-order valence-corrected chi connectivity index (χ4v) is 3.37. The first kappa shape index (κ1) is 17.9. The van der Waals surface area contributed by atoms with Crippen molar-refractivity contribution in [2.75, 3.05) is 6.61 Å². The Hall–Kier alpha value is -2.54. The molecule has 1 atom stereocenters. The summed E-state index contributed by atoms with van der Waals surface area (Å²) in [5.41, 5.74) is 2.20. The maximum Gasteiger partial charge on any atom is 0.449 e. The van der Waals surface area contributed by atoms with Crippen LogP contribution in [0.15, 0.2) is 42.5 Å². The van der Waals surface area contributed by atoms with E-state index in [1.807, 2.05) is 12.1 Å². The summed E-state index contributed by atoms with van der Waals surface area (Å²) in [4.78, 5) is 3.86. The van der Waals surface area contributed by atoms with Gasteiger partial charge in [-0.3, -0.25) is 0 Å². The average molecular weight is 376 g/mol.